The number of para-hydroxylation sites is 1. The van der Waals surface area contributed by atoms with E-state index in [9.17, 15) is 4.79 Å². The molecule has 1 heterocycles. The summed E-state index contributed by atoms with van der Waals surface area (Å²) in [5.41, 5.74) is 2.71. The molecule has 168 valence electrons. The molecule has 3 aromatic rings. The monoisotopic (exact) mass is 452 g/mol. The summed E-state index contributed by atoms with van der Waals surface area (Å²) >= 11 is 1.60. The van der Waals surface area contributed by atoms with Crippen LogP contribution in [0.5, 0.6) is 17.2 Å². The molecule has 0 radical (unpaired) electrons. The van der Waals surface area contributed by atoms with Gasteiger partial charge in [-0.25, -0.2) is 4.98 Å². The number of aromatic nitrogens is 1. The van der Waals surface area contributed by atoms with Crippen LogP contribution < -0.4 is 14.2 Å². The summed E-state index contributed by atoms with van der Waals surface area (Å²) in [6.45, 7) is 5.38. The van der Waals surface area contributed by atoms with E-state index >= 15 is 0 Å². The number of thiazole rings is 1. The lowest BCUT2D eigenvalue weighted by molar-refractivity contribution is -0.126. The standard InChI is InChI=1S/C25H28N2O4S/c1-5-27(15-19-10-12-23(29-3)24(14-19)30-4)25(28)13-11-20-8-6-7-9-22(20)31-16-21-17-32-18(2)26-21/h6-14,17H,5,15-16H2,1-4H3. The van der Waals surface area contributed by atoms with Crippen LogP contribution >= 0.6 is 11.3 Å². The molecule has 1 aromatic heterocycles. The fourth-order valence-electron chi connectivity index (χ4n) is 3.19. The predicted octanol–water partition coefficient (Wildman–Crippen LogP) is 5.11. The minimum atomic E-state index is -0.0767. The number of carbonyl (C=O) groups excluding carboxylic acids is 1. The number of methoxy groups -OCH3 is 2. The zero-order chi connectivity index (χ0) is 22.9. The summed E-state index contributed by atoms with van der Waals surface area (Å²) in [6.07, 6.45) is 3.38. The van der Waals surface area contributed by atoms with E-state index in [1.165, 1.54) is 0 Å². The first-order chi connectivity index (χ1) is 15.5. The molecule has 0 bridgehead atoms. The zero-order valence-corrected chi connectivity index (χ0v) is 19.6. The summed E-state index contributed by atoms with van der Waals surface area (Å²) in [6, 6.07) is 13.3. The molecule has 0 aliphatic heterocycles. The Bertz CT molecular complexity index is 1080. The molecule has 32 heavy (non-hydrogen) atoms. The second-order valence-corrected chi connectivity index (χ2v) is 8.12. The summed E-state index contributed by atoms with van der Waals surface area (Å²) in [5, 5.41) is 3.00. The van der Waals surface area contributed by atoms with Gasteiger partial charge in [0.1, 0.15) is 12.4 Å². The first-order valence-corrected chi connectivity index (χ1v) is 11.2. The Morgan fingerprint density at radius 3 is 2.56 bits per heavy atom. The van der Waals surface area contributed by atoms with Crippen molar-refractivity contribution in [3.8, 4) is 17.2 Å². The van der Waals surface area contributed by atoms with Gasteiger partial charge in [0.25, 0.3) is 0 Å². The normalized spacial score (nSPS) is 10.9. The van der Waals surface area contributed by atoms with Crippen molar-refractivity contribution in [3.63, 3.8) is 0 Å². The van der Waals surface area contributed by atoms with Crippen LogP contribution in [0.2, 0.25) is 0 Å². The fraction of sp³-hybridized carbons (Fsp3) is 0.280. The highest BCUT2D eigenvalue weighted by atomic mass is 32.1. The summed E-state index contributed by atoms with van der Waals surface area (Å²) in [5.74, 6) is 1.94. The van der Waals surface area contributed by atoms with Crippen LogP contribution in [0.4, 0.5) is 0 Å². The number of nitrogens with zero attached hydrogens (tertiary/aromatic N) is 2. The molecular weight excluding hydrogens is 424 g/mol. The van der Waals surface area contributed by atoms with Gasteiger partial charge < -0.3 is 19.1 Å². The van der Waals surface area contributed by atoms with Crippen molar-refractivity contribution in [1.29, 1.82) is 0 Å². The first-order valence-electron chi connectivity index (χ1n) is 10.3. The van der Waals surface area contributed by atoms with Gasteiger partial charge in [0.2, 0.25) is 5.91 Å². The Kier molecular flexibility index (Phi) is 8.27. The molecule has 7 heteroatoms. The highest BCUT2D eigenvalue weighted by molar-refractivity contribution is 7.09. The quantitative estimate of drug-likeness (QED) is 0.400. The van der Waals surface area contributed by atoms with E-state index in [0.29, 0.717) is 36.9 Å². The molecule has 2 aromatic carbocycles. The second kappa shape index (κ2) is 11.3. The minimum absolute atomic E-state index is 0.0767. The van der Waals surface area contributed by atoms with E-state index in [1.54, 1.807) is 42.6 Å². The van der Waals surface area contributed by atoms with Gasteiger partial charge in [0, 0.05) is 30.1 Å². The maximum atomic E-state index is 12.9. The molecule has 0 aliphatic carbocycles. The molecule has 0 fully saturated rings. The maximum Gasteiger partial charge on any atom is 0.246 e. The van der Waals surface area contributed by atoms with Crippen molar-refractivity contribution in [2.45, 2.75) is 27.0 Å². The summed E-state index contributed by atoms with van der Waals surface area (Å²) in [7, 11) is 3.20. The molecule has 0 saturated carbocycles. The molecule has 0 N–H and O–H groups in total. The number of carbonyl (C=O) groups is 1. The number of ether oxygens (including phenoxy) is 3. The Labute approximate surface area is 193 Å². The van der Waals surface area contributed by atoms with E-state index in [4.69, 9.17) is 14.2 Å². The topological polar surface area (TPSA) is 60.9 Å². The Morgan fingerprint density at radius 2 is 1.88 bits per heavy atom. The molecule has 1 amide bonds. The molecule has 0 saturated heterocycles. The predicted molar refractivity (Wildman–Crippen MR) is 127 cm³/mol. The third kappa shape index (κ3) is 6.11. The molecule has 0 unspecified atom stereocenters. The number of rotatable bonds is 10. The number of hydrogen-bond acceptors (Lipinski definition) is 6. The van der Waals surface area contributed by atoms with E-state index in [2.05, 4.69) is 4.98 Å². The van der Waals surface area contributed by atoms with Crippen molar-refractivity contribution in [2.75, 3.05) is 20.8 Å². The lowest BCUT2D eigenvalue weighted by Gasteiger charge is -2.20. The number of aryl methyl sites for hydroxylation is 1. The van der Waals surface area contributed by atoms with Gasteiger partial charge in [-0.3, -0.25) is 4.79 Å². The van der Waals surface area contributed by atoms with Crippen LogP contribution in [-0.4, -0.2) is 36.6 Å². The average Bonchev–Trinajstić information content (AvgIpc) is 3.24. The SMILES string of the molecule is CCN(Cc1ccc(OC)c(OC)c1)C(=O)C=Cc1ccccc1OCc1csc(C)n1. The van der Waals surface area contributed by atoms with Crippen LogP contribution in [-0.2, 0) is 17.9 Å². The average molecular weight is 453 g/mol. The highest BCUT2D eigenvalue weighted by Gasteiger charge is 2.12. The molecule has 6 nitrogen and oxygen atoms in total. The van der Waals surface area contributed by atoms with Crippen molar-refractivity contribution in [3.05, 3.63) is 75.7 Å². The van der Waals surface area contributed by atoms with Gasteiger partial charge in [-0.2, -0.15) is 0 Å². The van der Waals surface area contributed by atoms with Crippen LogP contribution in [0.15, 0.2) is 53.9 Å². The number of likely N-dealkylation sites (N-methyl/N-ethyl adjacent to an activating group) is 1. The largest absolute Gasteiger partial charge is 0.493 e. The third-order valence-corrected chi connectivity index (χ3v) is 5.70. The Balaban J connectivity index is 1.68. The summed E-state index contributed by atoms with van der Waals surface area (Å²) < 4.78 is 16.6. The van der Waals surface area contributed by atoms with Gasteiger partial charge >= 0.3 is 0 Å². The number of benzene rings is 2. The molecular formula is C25H28N2O4S. The van der Waals surface area contributed by atoms with E-state index in [-0.39, 0.29) is 5.91 Å². The van der Waals surface area contributed by atoms with Crippen LogP contribution in [0, 0.1) is 6.92 Å². The lowest BCUT2D eigenvalue weighted by atomic mass is 10.1. The summed E-state index contributed by atoms with van der Waals surface area (Å²) in [4.78, 5) is 19.0. The molecule has 0 atom stereocenters. The van der Waals surface area contributed by atoms with E-state index in [1.807, 2.05) is 61.7 Å². The van der Waals surface area contributed by atoms with Gasteiger partial charge in [-0.15, -0.1) is 11.3 Å². The lowest BCUT2D eigenvalue weighted by Crippen LogP contribution is -2.28. The smallest absolute Gasteiger partial charge is 0.246 e. The molecule has 0 spiro atoms. The molecule has 3 rings (SSSR count). The van der Waals surface area contributed by atoms with Gasteiger partial charge in [-0.1, -0.05) is 24.3 Å². The van der Waals surface area contributed by atoms with E-state index < -0.39 is 0 Å². The van der Waals surface area contributed by atoms with Gasteiger partial charge in [0.15, 0.2) is 11.5 Å². The van der Waals surface area contributed by atoms with Gasteiger partial charge in [0.05, 0.1) is 24.9 Å². The van der Waals surface area contributed by atoms with Crippen LogP contribution in [0.3, 0.4) is 0 Å². The zero-order valence-electron chi connectivity index (χ0n) is 18.8. The van der Waals surface area contributed by atoms with Crippen molar-refractivity contribution >= 4 is 23.3 Å². The van der Waals surface area contributed by atoms with Crippen molar-refractivity contribution in [1.82, 2.24) is 9.88 Å². The number of amides is 1. The van der Waals surface area contributed by atoms with Gasteiger partial charge in [-0.05, 0) is 43.7 Å². The van der Waals surface area contributed by atoms with Crippen molar-refractivity contribution < 1.29 is 19.0 Å². The fourth-order valence-corrected chi connectivity index (χ4v) is 3.78. The van der Waals surface area contributed by atoms with Crippen LogP contribution in [0.1, 0.15) is 28.8 Å². The third-order valence-electron chi connectivity index (χ3n) is 4.88. The maximum absolute atomic E-state index is 12.9. The minimum Gasteiger partial charge on any atom is -0.493 e. The van der Waals surface area contributed by atoms with Crippen LogP contribution in [0.25, 0.3) is 6.08 Å². The molecule has 0 aliphatic rings. The Hall–Kier alpha value is -3.32. The second-order valence-electron chi connectivity index (χ2n) is 7.06. The van der Waals surface area contributed by atoms with Crippen molar-refractivity contribution in [2.24, 2.45) is 0 Å². The number of hydrogen-bond donors (Lipinski definition) is 0. The first kappa shape index (κ1) is 23.3. The van der Waals surface area contributed by atoms with E-state index in [0.717, 1.165) is 21.8 Å². The highest BCUT2D eigenvalue weighted by Crippen LogP contribution is 2.28. The Morgan fingerprint density at radius 1 is 1.09 bits per heavy atom.